The van der Waals surface area contributed by atoms with Crippen molar-refractivity contribution in [3.63, 3.8) is 0 Å². The van der Waals surface area contributed by atoms with Crippen molar-refractivity contribution in [3.8, 4) is 33.8 Å². The second-order valence-electron chi connectivity index (χ2n) is 10.9. The molecule has 0 amide bonds. The number of hydrogen-bond donors (Lipinski definition) is 0. The van der Waals surface area contributed by atoms with Crippen LogP contribution in [0.3, 0.4) is 0 Å². The summed E-state index contributed by atoms with van der Waals surface area (Å²) in [6.45, 7) is 5.15. The van der Waals surface area contributed by atoms with Gasteiger partial charge in [-0.1, -0.05) is 0 Å². The molecular formula is C34H30Cl2O2SiZr. The van der Waals surface area contributed by atoms with Crippen LogP contribution in [-0.2, 0) is 23.2 Å². The van der Waals surface area contributed by atoms with Gasteiger partial charge in [0.15, 0.2) is 0 Å². The number of methoxy groups -OCH3 is 2. The van der Waals surface area contributed by atoms with Crippen molar-refractivity contribution >= 4 is 20.2 Å². The van der Waals surface area contributed by atoms with Crippen molar-refractivity contribution in [1.29, 1.82) is 0 Å². The molecule has 0 N–H and O–H groups in total. The molecule has 2 atom stereocenters. The molecule has 0 bridgehead atoms. The first-order chi connectivity index (χ1) is 18.5. The maximum absolute atomic E-state index is 6.04. The number of benzene rings is 4. The van der Waals surface area contributed by atoms with Gasteiger partial charge < -0.3 is 24.8 Å². The first-order valence-electron chi connectivity index (χ1n) is 13.3. The maximum atomic E-state index is 6.04. The molecule has 0 spiro atoms. The SMILES string of the molecule is COc1ccc(-c2ccccc2)c2c1[CH]1[Zr+2][CH]3C(=Cc4c(-c5ccccc5)ccc(OC)c43)[Si](C)(C)C1=C2.[Cl-].[Cl-]. The molecule has 40 heavy (non-hydrogen) atoms. The fourth-order valence-corrected chi connectivity index (χ4v) is 20.6. The van der Waals surface area contributed by atoms with Gasteiger partial charge in [-0.05, 0) is 0 Å². The van der Waals surface area contributed by atoms with Crippen molar-refractivity contribution in [3.05, 3.63) is 118 Å². The molecule has 3 aliphatic rings. The van der Waals surface area contributed by atoms with E-state index in [1.807, 2.05) is 14.2 Å². The fourth-order valence-electron chi connectivity index (χ4n) is 6.78. The number of allylic oxidation sites excluding steroid dienone is 2. The molecule has 6 heteroatoms. The third-order valence-electron chi connectivity index (χ3n) is 8.68. The number of halogens is 2. The standard InChI is InChI=1S/C34H30O2Si.2ClH.Zr/c1-35-33-17-15-27(23-11-7-5-8-12-23)29-19-25(21-31(29)33)37(3,4)26-20-30-28(24-13-9-6-10-14-24)16-18-34(36-2)32(30)22-26;;;/h5-22H,1-4H3;2*1H;/q;;;+2/p-2. The van der Waals surface area contributed by atoms with E-state index in [9.17, 15) is 0 Å². The summed E-state index contributed by atoms with van der Waals surface area (Å²) in [4.78, 5) is 0. The third-order valence-corrected chi connectivity index (χ3v) is 18.4. The Morgan fingerprint density at radius 1 is 0.575 bits per heavy atom. The molecule has 2 nitrogen and oxygen atoms in total. The van der Waals surface area contributed by atoms with Gasteiger partial charge in [-0.2, -0.15) is 0 Å². The van der Waals surface area contributed by atoms with Crippen LogP contribution in [0.2, 0.25) is 13.1 Å². The average Bonchev–Trinajstić information content (AvgIpc) is 3.54. The Kier molecular flexibility index (Phi) is 8.12. The second kappa shape index (κ2) is 11.1. The van der Waals surface area contributed by atoms with Gasteiger partial charge in [0.25, 0.3) is 0 Å². The summed E-state index contributed by atoms with van der Waals surface area (Å²) >= 11 is -1.01. The largest absolute Gasteiger partial charge is 1.00 e. The minimum atomic E-state index is -1.91. The van der Waals surface area contributed by atoms with Gasteiger partial charge in [-0.25, -0.2) is 0 Å². The van der Waals surface area contributed by atoms with Gasteiger partial charge in [-0.3, -0.25) is 0 Å². The summed E-state index contributed by atoms with van der Waals surface area (Å²) in [7, 11) is 1.75. The van der Waals surface area contributed by atoms with Crippen molar-refractivity contribution in [2.24, 2.45) is 0 Å². The van der Waals surface area contributed by atoms with Gasteiger partial charge in [0.05, 0.1) is 0 Å². The molecule has 2 aliphatic carbocycles. The van der Waals surface area contributed by atoms with Crippen molar-refractivity contribution < 1.29 is 57.5 Å². The predicted molar refractivity (Wildman–Crippen MR) is 156 cm³/mol. The number of hydrogen-bond acceptors (Lipinski definition) is 2. The van der Waals surface area contributed by atoms with Crippen LogP contribution in [0.5, 0.6) is 11.5 Å². The van der Waals surface area contributed by atoms with Crippen LogP contribution in [0.4, 0.5) is 0 Å². The van der Waals surface area contributed by atoms with Gasteiger partial charge in [0.2, 0.25) is 0 Å². The smallest absolute Gasteiger partial charge is 1.00 e. The van der Waals surface area contributed by atoms with E-state index >= 15 is 0 Å². The van der Waals surface area contributed by atoms with E-state index in [0.717, 1.165) is 11.5 Å². The molecule has 0 saturated carbocycles. The number of rotatable bonds is 4. The molecule has 4 aromatic carbocycles. The minimum absolute atomic E-state index is 0. The zero-order chi connectivity index (χ0) is 26.0. The van der Waals surface area contributed by atoms with E-state index in [4.69, 9.17) is 9.47 Å². The normalized spacial score (nSPS) is 18.6. The monoisotopic (exact) mass is 658 g/mol. The van der Waals surface area contributed by atoms with E-state index in [-0.39, 0.29) is 24.8 Å². The molecule has 1 saturated heterocycles. The van der Waals surface area contributed by atoms with Gasteiger partial charge in [0, 0.05) is 0 Å². The Hall–Kier alpha value is -2.36. The Labute approximate surface area is 261 Å². The minimum Gasteiger partial charge on any atom is -1.00 e. The summed E-state index contributed by atoms with van der Waals surface area (Å²) in [5.74, 6) is 2.11. The van der Waals surface area contributed by atoms with Crippen LogP contribution in [0.1, 0.15) is 29.5 Å². The van der Waals surface area contributed by atoms with E-state index in [2.05, 4.69) is 110 Å². The first kappa shape index (κ1) is 29.1. The number of fused-ring (bicyclic) bond motifs is 6. The summed E-state index contributed by atoms with van der Waals surface area (Å²) in [5, 5.41) is 3.41. The van der Waals surface area contributed by atoms with E-state index in [1.54, 1.807) is 10.4 Å². The molecular weight excluding hydrogens is 631 g/mol. The molecule has 0 radical (unpaired) electrons. The topological polar surface area (TPSA) is 18.5 Å². The summed E-state index contributed by atoms with van der Waals surface area (Å²) in [6, 6.07) is 30.6. The molecule has 1 heterocycles. The van der Waals surface area contributed by atoms with Gasteiger partial charge in [-0.15, -0.1) is 0 Å². The molecule has 1 aliphatic heterocycles. The molecule has 7 rings (SSSR count). The van der Waals surface area contributed by atoms with Crippen LogP contribution >= 0.6 is 0 Å². The van der Waals surface area contributed by atoms with Crippen LogP contribution in [-0.4, -0.2) is 22.3 Å². The Morgan fingerprint density at radius 3 is 1.35 bits per heavy atom. The molecule has 1 fully saturated rings. The summed E-state index contributed by atoms with van der Waals surface area (Å²) in [5.41, 5.74) is 10.9. The van der Waals surface area contributed by atoms with Crippen LogP contribution < -0.4 is 34.3 Å². The average molecular weight is 661 g/mol. The predicted octanol–water partition coefficient (Wildman–Crippen LogP) is 2.51. The van der Waals surface area contributed by atoms with E-state index in [1.165, 1.54) is 44.5 Å². The van der Waals surface area contributed by atoms with Crippen molar-refractivity contribution in [2.75, 3.05) is 14.2 Å². The van der Waals surface area contributed by atoms with E-state index < -0.39 is 31.3 Å². The van der Waals surface area contributed by atoms with Crippen LogP contribution in [0, 0.1) is 0 Å². The van der Waals surface area contributed by atoms with Crippen LogP contribution in [0.25, 0.3) is 34.4 Å². The molecule has 0 aromatic heterocycles. The molecule has 200 valence electrons. The van der Waals surface area contributed by atoms with Crippen molar-refractivity contribution in [2.45, 2.75) is 20.3 Å². The molecule has 2 unspecified atom stereocenters. The third kappa shape index (κ3) is 4.31. The summed E-state index contributed by atoms with van der Waals surface area (Å²) < 4.78 is 13.1. The van der Waals surface area contributed by atoms with Gasteiger partial charge >= 0.3 is 239 Å². The van der Waals surface area contributed by atoms with Crippen LogP contribution in [0.15, 0.2) is 95.3 Å². The van der Waals surface area contributed by atoms with E-state index in [0.29, 0.717) is 7.25 Å². The summed E-state index contributed by atoms with van der Waals surface area (Å²) in [6.07, 6.45) is 5.15. The van der Waals surface area contributed by atoms with Gasteiger partial charge in [0.1, 0.15) is 0 Å². The fraction of sp³-hybridized carbons (Fsp3) is 0.176. The Bertz CT molecular complexity index is 1530. The Balaban J connectivity index is 0.00000161. The first-order valence-corrected chi connectivity index (χ1v) is 19.1. The number of ether oxygens (including phenoxy) is 2. The molecule has 4 aromatic rings. The van der Waals surface area contributed by atoms with Crippen molar-refractivity contribution in [1.82, 2.24) is 0 Å². The Morgan fingerprint density at radius 2 is 0.975 bits per heavy atom. The maximum Gasteiger partial charge on any atom is -1.00 e. The zero-order valence-electron chi connectivity index (χ0n) is 23.0. The second-order valence-corrected chi connectivity index (χ2v) is 18.9. The quantitative estimate of drug-likeness (QED) is 0.314. The zero-order valence-corrected chi connectivity index (χ0v) is 27.9.